The Bertz CT molecular complexity index is 617. The van der Waals surface area contributed by atoms with Crippen molar-refractivity contribution < 1.29 is 4.92 Å². The summed E-state index contributed by atoms with van der Waals surface area (Å²) in [4.78, 5) is 10.6. The number of nitrogens with zero attached hydrogens (tertiary/aromatic N) is 1. The fourth-order valence-corrected chi connectivity index (χ4v) is 2.81. The fraction of sp³-hybridized carbons (Fsp3) is 0.250. The Morgan fingerprint density at radius 2 is 1.90 bits per heavy atom. The zero-order valence-corrected chi connectivity index (χ0v) is 13.3. The zero-order chi connectivity index (χ0) is 15.2. The second-order valence-electron chi connectivity index (χ2n) is 4.76. The van der Waals surface area contributed by atoms with Crippen molar-refractivity contribution in [2.24, 2.45) is 0 Å². The first kappa shape index (κ1) is 15.7. The average Bonchev–Trinajstić information content (AvgIpc) is 2.50. The first-order valence-corrected chi connectivity index (χ1v) is 7.63. The standard InChI is InChI=1S/C16H17BrN2O2/c1-2-14(12-7-4-3-5-8-12)18-11-13-9-6-10-15(16(13)17)19(20)21/h3-10,14,18H,2,11H2,1H3. The molecule has 0 amide bonds. The molecule has 2 aromatic rings. The lowest BCUT2D eigenvalue weighted by atomic mass is 10.0. The van der Waals surface area contributed by atoms with E-state index in [2.05, 4.69) is 40.3 Å². The van der Waals surface area contributed by atoms with Gasteiger partial charge in [0.1, 0.15) is 0 Å². The molecule has 0 bridgehead atoms. The minimum Gasteiger partial charge on any atom is -0.306 e. The predicted octanol–water partition coefficient (Wildman–Crippen LogP) is 4.60. The second-order valence-corrected chi connectivity index (χ2v) is 5.55. The minimum absolute atomic E-state index is 0.0991. The molecule has 5 heteroatoms. The molecule has 0 radical (unpaired) electrons. The predicted molar refractivity (Wildman–Crippen MR) is 87.1 cm³/mol. The quantitative estimate of drug-likeness (QED) is 0.613. The number of nitro groups is 1. The molecule has 0 fully saturated rings. The van der Waals surface area contributed by atoms with Gasteiger partial charge in [-0.2, -0.15) is 0 Å². The second kappa shape index (κ2) is 7.33. The molecule has 0 aliphatic carbocycles. The van der Waals surface area contributed by atoms with Crippen molar-refractivity contribution in [3.63, 3.8) is 0 Å². The number of hydrogen-bond acceptors (Lipinski definition) is 3. The summed E-state index contributed by atoms with van der Waals surface area (Å²) in [5.41, 5.74) is 2.21. The number of halogens is 1. The van der Waals surface area contributed by atoms with Crippen molar-refractivity contribution in [2.45, 2.75) is 25.9 Å². The van der Waals surface area contributed by atoms with Crippen LogP contribution in [0.3, 0.4) is 0 Å². The van der Waals surface area contributed by atoms with Crippen LogP contribution < -0.4 is 5.32 Å². The number of hydrogen-bond donors (Lipinski definition) is 1. The van der Waals surface area contributed by atoms with Gasteiger partial charge in [-0.1, -0.05) is 49.4 Å². The van der Waals surface area contributed by atoms with E-state index in [0.717, 1.165) is 12.0 Å². The number of nitro benzene ring substituents is 1. The molecule has 2 aromatic carbocycles. The lowest BCUT2D eigenvalue weighted by molar-refractivity contribution is -0.385. The Hall–Kier alpha value is -1.72. The summed E-state index contributed by atoms with van der Waals surface area (Å²) in [5.74, 6) is 0. The Morgan fingerprint density at radius 3 is 2.52 bits per heavy atom. The highest BCUT2D eigenvalue weighted by atomic mass is 79.9. The van der Waals surface area contributed by atoms with Crippen LogP contribution in [-0.2, 0) is 6.54 Å². The van der Waals surface area contributed by atoms with Crippen LogP contribution >= 0.6 is 15.9 Å². The summed E-state index contributed by atoms with van der Waals surface area (Å²) < 4.78 is 0.547. The van der Waals surface area contributed by atoms with Crippen molar-refractivity contribution in [3.8, 4) is 0 Å². The van der Waals surface area contributed by atoms with Crippen LogP contribution in [0.2, 0.25) is 0 Å². The van der Waals surface area contributed by atoms with Crippen LogP contribution in [0.4, 0.5) is 5.69 Å². The molecule has 0 heterocycles. The Labute approximate surface area is 132 Å². The van der Waals surface area contributed by atoms with Gasteiger partial charge >= 0.3 is 0 Å². The SMILES string of the molecule is CCC(NCc1cccc([N+](=O)[O-])c1Br)c1ccccc1. The highest BCUT2D eigenvalue weighted by molar-refractivity contribution is 9.10. The number of rotatable bonds is 6. The normalized spacial score (nSPS) is 12.1. The molecule has 0 saturated carbocycles. The summed E-state index contributed by atoms with van der Waals surface area (Å²) in [6.07, 6.45) is 0.955. The molecule has 0 saturated heterocycles. The van der Waals surface area contributed by atoms with E-state index in [0.29, 0.717) is 11.0 Å². The van der Waals surface area contributed by atoms with Gasteiger partial charge in [0.05, 0.1) is 9.40 Å². The van der Waals surface area contributed by atoms with E-state index in [1.165, 1.54) is 11.6 Å². The zero-order valence-electron chi connectivity index (χ0n) is 11.8. The van der Waals surface area contributed by atoms with Crippen LogP contribution in [0.15, 0.2) is 53.0 Å². The number of benzene rings is 2. The highest BCUT2D eigenvalue weighted by Gasteiger charge is 2.15. The van der Waals surface area contributed by atoms with Gasteiger partial charge in [0, 0.05) is 18.7 Å². The van der Waals surface area contributed by atoms with Gasteiger partial charge in [0.15, 0.2) is 0 Å². The van der Waals surface area contributed by atoms with Gasteiger partial charge in [-0.15, -0.1) is 0 Å². The molecule has 1 unspecified atom stereocenters. The van der Waals surface area contributed by atoms with E-state index >= 15 is 0 Å². The monoisotopic (exact) mass is 348 g/mol. The third kappa shape index (κ3) is 3.89. The topological polar surface area (TPSA) is 55.2 Å². The van der Waals surface area contributed by atoms with E-state index in [-0.39, 0.29) is 16.7 Å². The maximum atomic E-state index is 10.9. The summed E-state index contributed by atoms with van der Waals surface area (Å²) >= 11 is 3.33. The average molecular weight is 349 g/mol. The van der Waals surface area contributed by atoms with Gasteiger partial charge in [-0.25, -0.2) is 0 Å². The molecule has 110 valence electrons. The maximum Gasteiger partial charge on any atom is 0.283 e. The fourth-order valence-electron chi connectivity index (χ4n) is 2.26. The summed E-state index contributed by atoms with van der Waals surface area (Å²) in [6.45, 7) is 2.70. The van der Waals surface area contributed by atoms with E-state index in [9.17, 15) is 10.1 Å². The molecule has 0 spiro atoms. The van der Waals surface area contributed by atoms with E-state index in [1.54, 1.807) is 6.07 Å². The van der Waals surface area contributed by atoms with Crippen molar-refractivity contribution in [1.29, 1.82) is 0 Å². The summed E-state index contributed by atoms with van der Waals surface area (Å²) in [6, 6.07) is 15.5. The molecular weight excluding hydrogens is 332 g/mol. The van der Waals surface area contributed by atoms with Crippen molar-refractivity contribution in [3.05, 3.63) is 74.2 Å². The van der Waals surface area contributed by atoms with Crippen LogP contribution in [0.5, 0.6) is 0 Å². The third-order valence-electron chi connectivity index (χ3n) is 3.40. The molecule has 1 N–H and O–H groups in total. The van der Waals surface area contributed by atoms with Gasteiger partial charge in [0.2, 0.25) is 0 Å². The lowest BCUT2D eigenvalue weighted by Gasteiger charge is -2.18. The Kier molecular flexibility index (Phi) is 5.47. The van der Waals surface area contributed by atoms with Gasteiger partial charge in [-0.3, -0.25) is 10.1 Å². The van der Waals surface area contributed by atoms with Crippen molar-refractivity contribution in [2.75, 3.05) is 0 Å². The molecular formula is C16H17BrN2O2. The van der Waals surface area contributed by atoms with Crippen molar-refractivity contribution >= 4 is 21.6 Å². The minimum atomic E-state index is -0.373. The largest absolute Gasteiger partial charge is 0.306 e. The van der Waals surface area contributed by atoms with Crippen LogP contribution in [0.1, 0.15) is 30.5 Å². The first-order chi connectivity index (χ1) is 10.1. The van der Waals surface area contributed by atoms with E-state index in [1.807, 2.05) is 24.3 Å². The lowest BCUT2D eigenvalue weighted by Crippen LogP contribution is -2.20. The van der Waals surface area contributed by atoms with E-state index in [4.69, 9.17) is 0 Å². The Morgan fingerprint density at radius 1 is 1.19 bits per heavy atom. The molecule has 1 atom stereocenters. The smallest absolute Gasteiger partial charge is 0.283 e. The first-order valence-electron chi connectivity index (χ1n) is 6.83. The van der Waals surface area contributed by atoms with Gasteiger partial charge in [0.25, 0.3) is 5.69 Å². The summed E-state index contributed by atoms with van der Waals surface area (Å²) in [7, 11) is 0. The molecule has 21 heavy (non-hydrogen) atoms. The van der Waals surface area contributed by atoms with E-state index < -0.39 is 0 Å². The van der Waals surface area contributed by atoms with Crippen LogP contribution in [0.25, 0.3) is 0 Å². The van der Waals surface area contributed by atoms with Gasteiger partial charge < -0.3 is 5.32 Å². The molecule has 0 aliphatic heterocycles. The molecule has 0 aliphatic rings. The third-order valence-corrected chi connectivity index (χ3v) is 4.32. The van der Waals surface area contributed by atoms with Crippen molar-refractivity contribution in [1.82, 2.24) is 5.32 Å². The molecule has 4 nitrogen and oxygen atoms in total. The molecule has 2 rings (SSSR count). The number of nitrogens with one attached hydrogen (secondary N) is 1. The maximum absolute atomic E-state index is 10.9. The van der Waals surface area contributed by atoms with Crippen LogP contribution in [-0.4, -0.2) is 4.92 Å². The van der Waals surface area contributed by atoms with Crippen LogP contribution in [0, 0.1) is 10.1 Å². The highest BCUT2D eigenvalue weighted by Crippen LogP contribution is 2.28. The van der Waals surface area contributed by atoms with Gasteiger partial charge in [-0.05, 0) is 33.5 Å². The molecule has 0 aromatic heterocycles. The summed E-state index contributed by atoms with van der Waals surface area (Å²) in [5, 5.41) is 14.4. The Balaban J connectivity index is 2.12.